The van der Waals surface area contributed by atoms with Crippen LogP contribution in [0.3, 0.4) is 0 Å². The fourth-order valence-corrected chi connectivity index (χ4v) is 5.53. The van der Waals surface area contributed by atoms with E-state index in [1.807, 2.05) is 60.8 Å². The van der Waals surface area contributed by atoms with Crippen LogP contribution in [0.5, 0.6) is 11.5 Å². The third kappa shape index (κ3) is 3.72. The number of halogens is 1. The topological polar surface area (TPSA) is 51.6 Å². The molecule has 2 aromatic heterocycles. The van der Waals surface area contributed by atoms with E-state index >= 15 is 0 Å². The molecule has 35 heavy (non-hydrogen) atoms. The number of nitrogens with zero attached hydrogens (tertiary/aromatic N) is 3. The average molecular weight is 503 g/mol. The number of benzene rings is 2. The summed E-state index contributed by atoms with van der Waals surface area (Å²) in [7, 11) is 0. The number of anilines is 1. The number of hydrogen-bond donors (Lipinski definition) is 1. The quantitative estimate of drug-likeness (QED) is 0.343. The summed E-state index contributed by atoms with van der Waals surface area (Å²) in [4.78, 5) is 6.83. The zero-order valence-electron chi connectivity index (χ0n) is 19.2. The van der Waals surface area contributed by atoms with Gasteiger partial charge in [-0.25, -0.2) is 0 Å². The van der Waals surface area contributed by atoms with Crippen LogP contribution >= 0.6 is 23.8 Å². The van der Waals surface area contributed by atoms with Crippen LogP contribution in [-0.4, -0.2) is 21.5 Å². The van der Waals surface area contributed by atoms with Crippen molar-refractivity contribution >= 4 is 34.6 Å². The number of hydrogen-bond acceptors (Lipinski definition) is 4. The molecule has 6 rings (SSSR count). The molecule has 2 aliphatic rings. The molecule has 0 aliphatic carbocycles. The maximum Gasteiger partial charge on any atom is 0.231 e. The molecule has 0 radical (unpaired) electrons. The Kier molecular flexibility index (Phi) is 5.39. The van der Waals surface area contributed by atoms with Crippen molar-refractivity contribution in [1.82, 2.24) is 14.9 Å². The van der Waals surface area contributed by atoms with E-state index in [2.05, 4.69) is 45.7 Å². The summed E-state index contributed by atoms with van der Waals surface area (Å²) in [6.07, 6.45) is 1.82. The standard InChI is InChI=1S/C27H23ClN4O2S/c1-16-13-21(17(2)31(16)20-10-11-23-24(14-20)34-15-33-23)26-25(22-5-3-4-12-29-22)30-27(35)32(26)19-8-6-18(28)7-9-19/h3-14,25-26H,15H2,1-2H3,(H,30,35). The molecule has 1 saturated heterocycles. The van der Waals surface area contributed by atoms with Crippen molar-refractivity contribution < 1.29 is 9.47 Å². The van der Waals surface area contributed by atoms with E-state index in [0.29, 0.717) is 10.1 Å². The molecule has 2 aromatic carbocycles. The normalized spacial score (nSPS) is 18.7. The summed E-state index contributed by atoms with van der Waals surface area (Å²) in [5, 5.41) is 4.87. The molecule has 2 aliphatic heterocycles. The van der Waals surface area contributed by atoms with Crippen LogP contribution in [0.1, 0.15) is 34.7 Å². The molecule has 8 heteroatoms. The van der Waals surface area contributed by atoms with Gasteiger partial charge >= 0.3 is 0 Å². The maximum absolute atomic E-state index is 6.19. The monoisotopic (exact) mass is 502 g/mol. The second-order valence-electron chi connectivity index (χ2n) is 8.67. The van der Waals surface area contributed by atoms with Gasteiger partial charge in [0.1, 0.15) is 0 Å². The molecule has 4 aromatic rings. The highest BCUT2D eigenvalue weighted by Gasteiger charge is 2.42. The van der Waals surface area contributed by atoms with Crippen LogP contribution in [0.4, 0.5) is 5.69 Å². The Morgan fingerprint density at radius 3 is 2.51 bits per heavy atom. The van der Waals surface area contributed by atoms with Gasteiger partial charge in [0.15, 0.2) is 16.6 Å². The predicted molar refractivity (Wildman–Crippen MR) is 141 cm³/mol. The molecular formula is C27H23ClN4O2S. The highest BCUT2D eigenvalue weighted by atomic mass is 35.5. The van der Waals surface area contributed by atoms with E-state index in [9.17, 15) is 0 Å². The number of rotatable bonds is 4. The third-order valence-corrected chi connectivity index (χ3v) is 7.17. The van der Waals surface area contributed by atoms with Gasteiger partial charge in [-0.1, -0.05) is 17.7 Å². The molecule has 0 spiro atoms. The van der Waals surface area contributed by atoms with Crippen LogP contribution in [0.15, 0.2) is 72.9 Å². The third-order valence-electron chi connectivity index (χ3n) is 6.61. The molecule has 6 nitrogen and oxygen atoms in total. The SMILES string of the molecule is Cc1cc(C2C(c3ccccn3)NC(=S)N2c2ccc(Cl)cc2)c(C)n1-c1ccc2c(c1)OCO2. The Balaban J connectivity index is 1.50. The molecular weight excluding hydrogens is 480 g/mol. The average Bonchev–Trinajstić information content (AvgIpc) is 3.55. The molecule has 0 bridgehead atoms. The first kappa shape index (κ1) is 21.9. The highest BCUT2D eigenvalue weighted by molar-refractivity contribution is 7.80. The lowest BCUT2D eigenvalue weighted by Crippen LogP contribution is -2.29. The summed E-state index contributed by atoms with van der Waals surface area (Å²) in [5.74, 6) is 1.53. The first-order valence-electron chi connectivity index (χ1n) is 11.4. The molecule has 0 saturated carbocycles. The van der Waals surface area contributed by atoms with E-state index in [0.717, 1.165) is 45.5 Å². The van der Waals surface area contributed by atoms with Crippen molar-refractivity contribution in [2.75, 3.05) is 11.7 Å². The van der Waals surface area contributed by atoms with Gasteiger partial charge in [0.25, 0.3) is 0 Å². The minimum absolute atomic E-state index is 0.104. The van der Waals surface area contributed by atoms with Crippen molar-refractivity contribution in [3.8, 4) is 17.2 Å². The van der Waals surface area contributed by atoms with Gasteiger partial charge in [0.2, 0.25) is 6.79 Å². The van der Waals surface area contributed by atoms with Crippen LogP contribution in [0, 0.1) is 13.8 Å². The molecule has 0 amide bonds. The van der Waals surface area contributed by atoms with Gasteiger partial charge in [-0.05, 0) is 86.2 Å². The number of pyridine rings is 1. The highest BCUT2D eigenvalue weighted by Crippen LogP contribution is 2.44. The zero-order chi connectivity index (χ0) is 24.1. The fourth-order valence-electron chi connectivity index (χ4n) is 5.06. The van der Waals surface area contributed by atoms with E-state index < -0.39 is 0 Å². The van der Waals surface area contributed by atoms with Crippen LogP contribution in [0.2, 0.25) is 5.02 Å². The molecule has 1 fully saturated rings. The van der Waals surface area contributed by atoms with Crippen LogP contribution in [-0.2, 0) is 0 Å². The van der Waals surface area contributed by atoms with Gasteiger partial charge in [-0.3, -0.25) is 4.98 Å². The van der Waals surface area contributed by atoms with Gasteiger partial charge in [0, 0.05) is 40.0 Å². The number of aromatic nitrogens is 2. The summed E-state index contributed by atoms with van der Waals surface area (Å²) in [5.41, 5.74) is 6.34. The second-order valence-corrected chi connectivity index (χ2v) is 9.50. The summed E-state index contributed by atoms with van der Waals surface area (Å²) >= 11 is 12.0. The van der Waals surface area contributed by atoms with Crippen LogP contribution < -0.4 is 19.7 Å². The van der Waals surface area contributed by atoms with Crippen LogP contribution in [0.25, 0.3) is 5.69 Å². The zero-order valence-corrected chi connectivity index (χ0v) is 20.8. The molecule has 1 N–H and O–H groups in total. The van der Waals surface area contributed by atoms with Crippen molar-refractivity contribution in [2.45, 2.75) is 25.9 Å². The predicted octanol–water partition coefficient (Wildman–Crippen LogP) is 6.05. The Labute approximate surface area is 214 Å². The molecule has 2 atom stereocenters. The minimum Gasteiger partial charge on any atom is -0.454 e. The van der Waals surface area contributed by atoms with Gasteiger partial charge < -0.3 is 24.3 Å². The molecule has 2 unspecified atom stereocenters. The van der Waals surface area contributed by atoms with Crippen molar-refractivity contribution in [3.05, 3.63) is 101 Å². The number of thiocarbonyl (C=S) groups is 1. The summed E-state index contributed by atoms with van der Waals surface area (Å²) < 4.78 is 13.4. The largest absolute Gasteiger partial charge is 0.454 e. The number of fused-ring (bicyclic) bond motifs is 1. The van der Waals surface area contributed by atoms with Crippen molar-refractivity contribution in [1.29, 1.82) is 0 Å². The lowest BCUT2D eigenvalue weighted by Gasteiger charge is -2.28. The number of nitrogens with one attached hydrogen (secondary N) is 1. The smallest absolute Gasteiger partial charge is 0.231 e. The number of aryl methyl sites for hydroxylation is 1. The van der Waals surface area contributed by atoms with E-state index in [4.69, 9.17) is 33.3 Å². The second kappa shape index (κ2) is 8.59. The maximum atomic E-state index is 6.19. The van der Waals surface area contributed by atoms with Gasteiger partial charge in [-0.15, -0.1) is 0 Å². The lowest BCUT2D eigenvalue weighted by atomic mass is 9.96. The van der Waals surface area contributed by atoms with Gasteiger partial charge in [-0.2, -0.15) is 0 Å². The lowest BCUT2D eigenvalue weighted by molar-refractivity contribution is 0.174. The summed E-state index contributed by atoms with van der Waals surface area (Å²) in [6, 6.07) is 21.8. The first-order valence-corrected chi connectivity index (χ1v) is 12.1. The minimum atomic E-state index is -0.120. The fraction of sp³-hybridized carbons (Fsp3) is 0.185. The summed E-state index contributed by atoms with van der Waals surface area (Å²) in [6.45, 7) is 4.51. The molecule has 176 valence electrons. The van der Waals surface area contributed by atoms with Crippen molar-refractivity contribution in [2.24, 2.45) is 0 Å². The Morgan fingerprint density at radius 1 is 0.971 bits per heavy atom. The van der Waals surface area contributed by atoms with Gasteiger partial charge in [0.05, 0.1) is 17.8 Å². The van der Waals surface area contributed by atoms with E-state index in [1.54, 1.807) is 0 Å². The Morgan fingerprint density at radius 2 is 1.74 bits per heavy atom. The number of ether oxygens (including phenoxy) is 2. The van der Waals surface area contributed by atoms with E-state index in [-0.39, 0.29) is 18.9 Å². The first-order chi connectivity index (χ1) is 17.0. The van der Waals surface area contributed by atoms with E-state index in [1.165, 1.54) is 0 Å². The Bertz CT molecular complexity index is 1420. The van der Waals surface area contributed by atoms with Crippen molar-refractivity contribution in [3.63, 3.8) is 0 Å². The Hall–Kier alpha value is -3.55. The molecule has 4 heterocycles.